The van der Waals surface area contributed by atoms with Crippen LogP contribution >= 0.6 is 0 Å². The molecular weight excluding hydrogens is 227 g/mol. The molecule has 97 valence electrons. The van der Waals surface area contributed by atoms with Crippen molar-refractivity contribution in [3.8, 4) is 0 Å². The number of rotatable bonds is 10. The van der Waals surface area contributed by atoms with Crippen molar-refractivity contribution in [3.63, 3.8) is 0 Å². The van der Waals surface area contributed by atoms with Gasteiger partial charge in [0.05, 0.1) is 0 Å². The minimum Gasteiger partial charge on any atom is -0.0654 e. The van der Waals surface area contributed by atoms with E-state index in [2.05, 4.69) is 37.3 Å². The summed E-state index contributed by atoms with van der Waals surface area (Å²) in [5.74, 6) is 0. The molecule has 1 heteroatoms. The summed E-state index contributed by atoms with van der Waals surface area (Å²) in [7, 11) is 0. The van der Waals surface area contributed by atoms with Crippen molar-refractivity contribution in [1.29, 1.82) is 0 Å². The molecule has 0 bridgehead atoms. The molecule has 0 aromatic heterocycles. The maximum absolute atomic E-state index is 2.28. The Hall–Kier alpha value is 0.220. The Morgan fingerprint density at radius 2 is 1.17 bits per heavy atom. The fourth-order valence-electron chi connectivity index (χ4n) is 2.28. The first-order chi connectivity index (χ1) is 8.43. The summed E-state index contributed by atoms with van der Waals surface area (Å²) >= 11 is 0. The van der Waals surface area contributed by atoms with Crippen LogP contribution in [0.5, 0.6) is 0 Å². The van der Waals surface area contributed by atoms with Crippen LogP contribution in [0.4, 0.5) is 0 Å². The molecule has 0 atom stereocenters. The van der Waals surface area contributed by atoms with E-state index in [0.717, 1.165) is 0 Å². The van der Waals surface area contributed by atoms with Crippen molar-refractivity contribution >= 4 is 29.6 Å². The van der Waals surface area contributed by atoms with Gasteiger partial charge in [0.15, 0.2) is 0 Å². The van der Waals surface area contributed by atoms with Crippen LogP contribution in [0, 0.1) is 0 Å². The van der Waals surface area contributed by atoms with E-state index < -0.39 is 0 Å². The van der Waals surface area contributed by atoms with Gasteiger partial charge in [-0.1, -0.05) is 88.6 Å². The van der Waals surface area contributed by atoms with Crippen molar-refractivity contribution < 1.29 is 0 Å². The van der Waals surface area contributed by atoms with E-state index in [1.807, 2.05) is 0 Å². The Kier molecular flexibility index (Phi) is 13.8. The zero-order valence-corrected chi connectivity index (χ0v) is 14.5. The van der Waals surface area contributed by atoms with Crippen LogP contribution in [0.15, 0.2) is 30.3 Å². The minimum absolute atomic E-state index is 0. The third-order valence-electron chi connectivity index (χ3n) is 3.41. The molecule has 0 saturated heterocycles. The van der Waals surface area contributed by atoms with Crippen LogP contribution in [0.1, 0.15) is 70.3 Å². The third kappa shape index (κ3) is 10.2. The van der Waals surface area contributed by atoms with Gasteiger partial charge in [-0.2, -0.15) is 0 Å². The average molecular weight is 255 g/mol. The molecule has 0 nitrogen and oxygen atoms in total. The summed E-state index contributed by atoms with van der Waals surface area (Å²) in [5, 5.41) is 0. The number of hydrogen-bond acceptors (Lipinski definition) is 0. The zero-order chi connectivity index (χ0) is 12.2. The Bertz CT molecular complexity index is 256. The van der Waals surface area contributed by atoms with Gasteiger partial charge in [-0.3, -0.25) is 0 Å². The quantitative estimate of drug-likeness (QED) is 0.389. The molecule has 0 N–H and O–H groups in total. The van der Waals surface area contributed by atoms with Gasteiger partial charge in [0.1, 0.15) is 0 Å². The largest absolute Gasteiger partial charge is 0.0654 e. The Morgan fingerprint density at radius 3 is 1.72 bits per heavy atom. The molecule has 0 unspecified atom stereocenters. The van der Waals surface area contributed by atoms with Gasteiger partial charge >= 0.3 is 0 Å². The number of unbranched alkanes of at least 4 members (excludes halogenated alkanes) is 8. The summed E-state index contributed by atoms with van der Waals surface area (Å²) in [6, 6.07) is 10.9. The summed E-state index contributed by atoms with van der Waals surface area (Å²) in [4.78, 5) is 0. The van der Waals surface area contributed by atoms with Crippen molar-refractivity contribution in [1.82, 2.24) is 0 Å². The second-order valence-electron chi connectivity index (χ2n) is 5.06. The van der Waals surface area contributed by atoms with Crippen LogP contribution < -0.4 is 0 Å². The first kappa shape index (κ1) is 18.2. The van der Waals surface area contributed by atoms with Gasteiger partial charge in [0.2, 0.25) is 0 Å². The minimum atomic E-state index is 0. The number of benzene rings is 1. The molecule has 0 aliphatic heterocycles. The molecule has 1 rings (SSSR count). The molecule has 1 radical (unpaired) electrons. The molecule has 18 heavy (non-hydrogen) atoms. The van der Waals surface area contributed by atoms with E-state index in [0.29, 0.717) is 0 Å². The van der Waals surface area contributed by atoms with Crippen LogP contribution in [-0.4, -0.2) is 29.6 Å². The van der Waals surface area contributed by atoms with Crippen molar-refractivity contribution in [2.75, 3.05) is 0 Å². The van der Waals surface area contributed by atoms with Crippen molar-refractivity contribution in [2.45, 2.75) is 71.1 Å². The van der Waals surface area contributed by atoms with E-state index >= 15 is 0 Å². The maximum Gasteiger partial charge on any atom is 0 e. The van der Waals surface area contributed by atoms with Crippen LogP contribution in [0.25, 0.3) is 0 Å². The number of aryl methyl sites for hydroxylation is 1. The SMILES string of the molecule is CCCCCCCCCCCc1ccccc1.[Na]. The molecule has 1 aromatic carbocycles. The van der Waals surface area contributed by atoms with Gasteiger partial charge in [0.25, 0.3) is 0 Å². The van der Waals surface area contributed by atoms with Gasteiger partial charge in [0, 0.05) is 29.6 Å². The fraction of sp³-hybridized carbons (Fsp3) is 0.647. The molecule has 0 aliphatic rings. The predicted octanol–water partition coefficient (Wildman–Crippen LogP) is 5.38. The van der Waals surface area contributed by atoms with Gasteiger partial charge < -0.3 is 0 Å². The monoisotopic (exact) mass is 255 g/mol. The second-order valence-corrected chi connectivity index (χ2v) is 5.06. The molecule has 0 spiro atoms. The summed E-state index contributed by atoms with van der Waals surface area (Å²) in [6.07, 6.45) is 14.0. The van der Waals surface area contributed by atoms with Gasteiger partial charge in [-0.05, 0) is 18.4 Å². The molecule has 0 heterocycles. The van der Waals surface area contributed by atoms with E-state index in [9.17, 15) is 0 Å². The molecule has 0 fully saturated rings. The van der Waals surface area contributed by atoms with Crippen LogP contribution in [0.2, 0.25) is 0 Å². The standard InChI is InChI=1S/C17H28.Na/c1-2-3-4-5-6-7-8-9-11-14-17-15-12-10-13-16-17;/h10,12-13,15-16H,2-9,11,14H2,1H3;. The van der Waals surface area contributed by atoms with Crippen molar-refractivity contribution in [3.05, 3.63) is 35.9 Å². The van der Waals surface area contributed by atoms with E-state index in [4.69, 9.17) is 0 Å². The summed E-state index contributed by atoms with van der Waals surface area (Å²) in [6.45, 7) is 2.28. The Balaban J connectivity index is 0.00000289. The number of hydrogen-bond donors (Lipinski definition) is 0. The smallest absolute Gasteiger partial charge is 0 e. The van der Waals surface area contributed by atoms with Gasteiger partial charge in [-0.15, -0.1) is 0 Å². The average Bonchev–Trinajstić information content (AvgIpc) is 2.38. The van der Waals surface area contributed by atoms with Gasteiger partial charge in [-0.25, -0.2) is 0 Å². The first-order valence-electron chi connectivity index (χ1n) is 7.47. The van der Waals surface area contributed by atoms with Crippen LogP contribution in [-0.2, 0) is 6.42 Å². The Labute approximate surface area is 136 Å². The zero-order valence-electron chi connectivity index (χ0n) is 12.5. The topological polar surface area (TPSA) is 0 Å². The molecule has 1 aromatic rings. The van der Waals surface area contributed by atoms with Crippen molar-refractivity contribution in [2.24, 2.45) is 0 Å². The normalized spacial score (nSPS) is 10.1. The molecular formula is C17H28Na. The van der Waals surface area contributed by atoms with E-state index in [1.54, 1.807) is 0 Å². The maximum atomic E-state index is 2.28. The molecule has 0 amide bonds. The van der Waals surface area contributed by atoms with E-state index in [-0.39, 0.29) is 29.6 Å². The predicted molar refractivity (Wildman–Crippen MR) is 83.1 cm³/mol. The summed E-state index contributed by atoms with van der Waals surface area (Å²) < 4.78 is 0. The van der Waals surface area contributed by atoms with Crippen LogP contribution in [0.3, 0.4) is 0 Å². The first-order valence-corrected chi connectivity index (χ1v) is 7.47. The summed E-state index contributed by atoms with van der Waals surface area (Å²) in [5.41, 5.74) is 1.50. The molecule has 0 saturated carbocycles. The second kappa shape index (κ2) is 13.6. The third-order valence-corrected chi connectivity index (χ3v) is 3.41. The fourth-order valence-corrected chi connectivity index (χ4v) is 2.28. The van der Waals surface area contributed by atoms with E-state index in [1.165, 1.54) is 69.8 Å². The Morgan fingerprint density at radius 1 is 0.667 bits per heavy atom. The molecule has 0 aliphatic carbocycles.